The summed E-state index contributed by atoms with van der Waals surface area (Å²) < 4.78 is 39.8. The Balaban J connectivity index is 2.05. The first-order valence-electron chi connectivity index (χ1n) is 8.15. The van der Waals surface area contributed by atoms with Crippen LogP contribution in [0.1, 0.15) is 49.7 Å². The minimum absolute atomic E-state index is 0.146. The molecule has 0 saturated carbocycles. The maximum absolute atomic E-state index is 12.8. The molecule has 3 N–H and O–H groups in total. The molecule has 0 bridgehead atoms. The second-order valence-electron chi connectivity index (χ2n) is 6.25. The van der Waals surface area contributed by atoms with Gasteiger partial charge in [-0.2, -0.15) is 18.3 Å². The van der Waals surface area contributed by atoms with Gasteiger partial charge in [0.2, 0.25) is 5.91 Å². The van der Waals surface area contributed by atoms with Gasteiger partial charge in [0, 0.05) is 6.92 Å². The second kappa shape index (κ2) is 6.69. The number of aliphatic imine (C=N–C) groups is 1. The molecule has 2 heterocycles. The molecule has 27 heavy (non-hydrogen) atoms. The Morgan fingerprint density at radius 3 is 2.52 bits per heavy atom. The zero-order chi connectivity index (χ0) is 19.9. The molecule has 1 amide bonds. The van der Waals surface area contributed by atoms with Crippen LogP contribution < -0.4 is 10.6 Å². The molecule has 0 spiro atoms. The van der Waals surface area contributed by atoms with Crippen LogP contribution in [0.3, 0.4) is 0 Å². The number of alkyl halides is 3. The van der Waals surface area contributed by atoms with Crippen LogP contribution in [0.2, 0.25) is 0 Å². The Kier molecular flexibility index (Phi) is 4.68. The van der Waals surface area contributed by atoms with Crippen molar-refractivity contribution in [1.82, 2.24) is 15.1 Å². The van der Waals surface area contributed by atoms with Gasteiger partial charge in [-0.05, 0) is 31.5 Å². The van der Waals surface area contributed by atoms with E-state index >= 15 is 0 Å². The Labute approximate surface area is 152 Å². The van der Waals surface area contributed by atoms with Crippen molar-refractivity contribution >= 4 is 23.4 Å². The van der Waals surface area contributed by atoms with Crippen LogP contribution in [0.15, 0.2) is 29.3 Å². The first-order chi connectivity index (χ1) is 12.6. The molecule has 1 aromatic heterocycles. The maximum Gasteiger partial charge on any atom is 0.416 e. The smallest absolute Gasteiger partial charge is 0.369 e. The lowest BCUT2D eigenvalue weighted by Gasteiger charge is -2.21. The highest BCUT2D eigenvalue weighted by atomic mass is 19.4. The van der Waals surface area contributed by atoms with Gasteiger partial charge in [-0.25, -0.2) is 9.67 Å². The van der Waals surface area contributed by atoms with Gasteiger partial charge >= 0.3 is 6.18 Å². The molecule has 0 radical (unpaired) electrons. The highest BCUT2D eigenvalue weighted by Gasteiger charge is 2.32. The lowest BCUT2D eigenvalue weighted by Crippen LogP contribution is -2.29. The lowest BCUT2D eigenvalue weighted by molar-refractivity contribution is -0.137. The van der Waals surface area contributed by atoms with Crippen molar-refractivity contribution in [3.8, 4) is 0 Å². The summed E-state index contributed by atoms with van der Waals surface area (Å²) in [5.41, 5.74) is 0.131. The van der Waals surface area contributed by atoms with Crippen LogP contribution in [-0.2, 0) is 11.0 Å². The molecular weight excluding hydrogens is 363 g/mol. The number of aromatic nitrogens is 2. The summed E-state index contributed by atoms with van der Waals surface area (Å²) in [5, 5.41) is 19.9. The van der Waals surface area contributed by atoms with Crippen molar-refractivity contribution in [2.75, 3.05) is 5.32 Å². The van der Waals surface area contributed by atoms with Gasteiger partial charge in [-0.3, -0.25) is 4.79 Å². The van der Waals surface area contributed by atoms with Gasteiger partial charge < -0.3 is 15.7 Å². The van der Waals surface area contributed by atoms with Gasteiger partial charge in [0.1, 0.15) is 5.84 Å². The van der Waals surface area contributed by atoms with Gasteiger partial charge in [-0.15, -0.1) is 0 Å². The molecule has 144 valence electrons. The van der Waals surface area contributed by atoms with Crippen LogP contribution in [0.5, 0.6) is 0 Å². The number of aliphatic hydroxyl groups excluding tert-OH is 1. The molecule has 2 aromatic rings. The van der Waals surface area contributed by atoms with E-state index in [0.29, 0.717) is 22.8 Å². The van der Waals surface area contributed by atoms with E-state index in [0.717, 1.165) is 12.1 Å². The molecule has 1 unspecified atom stereocenters. The minimum Gasteiger partial charge on any atom is -0.369 e. The number of nitrogens with zero attached hydrogens (tertiary/aromatic N) is 3. The van der Waals surface area contributed by atoms with Crippen LogP contribution in [0, 0.1) is 0 Å². The average Bonchev–Trinajstić information content (AvgIpc) is 2.91. The number of carbonyl (C=O) groups excluding carboxylic acids is 1. The number of benzene rings is 1. The highest BCUT2D eigenvalue weighted by molar-refractivity contribution is 5.91. The Morgan fingerprint density at radius 2 is 1.96 bits per heavy atom. The van der Waals surface area contributed by atoms with Crippen molar-refractivity contribution in [3.63, 3.8) is 0 Å². The summed E-state index contributed by atoms with van der Waals surface area (Å²) in [6.07, 6.45) is -5.53. The molecule has 1 aliphatic rings. The molecule has 1 aromatic carbocycles. The first kappa shape index (κ1) is 18.9. The fourth-order valence-electron chi connectivity index (χ4n) is 2.88. The summed E-state index contributed by atoms with van der Waals surface area (Å²) in [6.45, 7) is 4.71. The van der Waals surface area contributed by atoms with Crippen LogP contribution in [0.25, 0.3) is 0 Å². The Hall–Kier alpha value is -2.88. The van der Waals surface area contributed by atoms with Crippen molar-refractivity contribution < 1.29 is 23.1 Å². The molecule has 0 aliphatic carbocycles. The third kappa shape index (κ3) is 3.65. The van der Waals surface area contributed by atoms with E-state index in [1.54, 1.807) is 13.8 Å². The van der Waals surface area contributed by atoms with Crippen LogP contribution in [0.4, 0.5) is 24.8 Å². The van der Waals surface area contributed by atoms with E-state index in [9.17, 15) is 23.1 Å². The topological polar surface area (TPSA) is 91.5 Å². The zero-order valence-electron chi connectivity index (χ0n) is 14.8. The number of nitrogens with one attached hydrogen (secondary N) is 2. The van der Waals surface area contributed by atoms with E-state index in [-0.39, 0.29) is 11.7 Å². The summed E-state index contributed by atoms with van der Waals surface area (Å²) in [4.78, 5) is 15.8. The minimum atomic E-state index is -4.41. The normalized spacial score (nSPS) is 17.6. The van der Waals surface area contributed by atoms with Gasteiger partial charge in [0.25, 0.3) is 0 Å². The number of hydrogen-bond donors (Lipinski definition) is 3. The van der Waals surface area contributed by atoms with Gasteiger partial charge in [-0.1, -0.05) is 12.1 Å². The molecule has 2 atom stereocenters. The number of rotatable bonds is 3. The summed E-state index contributed by atoms with van der Waals surface area (Å²) in [7, 11) is 0. The number of aliphatic hydroxyl groups is 1. The monoisotopic (exact) mass is 381 g/mol. The number of carbonyl (C=O) groups is 1. The predicted molar refractivity (Wildman–Crippen MR) is 92.7 cm³/mol. The van der Waals surface area contributed by atoms with E-state index in [1.165, 1.54) is 23.7 Å². The fourth-order valence-corrected chi connectivity index (χ4v) is 2.88. The average molecular weight is 381 g/mol. The maximum atomic E-state index is 12.8. The SMILES string of the molecule is CC(=O)Nc1nn([C@@H](C)c2ccc(C(F)(F)F)cc2)c2c1C(O)NC(C)=N2. The number of amides is 1. The molecule has 3 rings (SSSR count). The number of fused-ring (bicyclic) bond motifs is 1. The highest BCUT2D eigenvalue weighted by Crippen LogP contribution is 2.38. The van der Waals surface area contributed by atoms with Crippen molar-refractivity contribution in [2.24, 2.45) is 4.99 Å². The molecule has 0 saturated heterocycles. The largest absolute Gasteiger partial charge is 0.416 e. The van der Waals surface area contributed by atoms with Gasteiger partial charge in [0.15, 0.2) is 17.9 Å². The molecule has 7 nitrogen and oxygen atoms in total. The standard InChI is InChI=1S/C17H18F3N5O2/c1-8(11-4-6-12(7-5-11)17(18,19)20)25-15-13(14(24-25)23-10(3)26)16(27)22-9(2)21-15/h4-8,16,27H,1-3H3,(H,21,22)(H,23,24,26)/t8-,16?/m0/s1. The third-order valence-electron chi connectivity index (χ3n) is 4.20. The Morgan fingerprint density at radius 1 is 1.33 bits per heavy atom. The quantitative estimate of drug-likeness (QED) is 0.762. The number of amidine groups is 1. The summed E-state index contributed by atoms with van der Waals surface area (Å²) in [6, 6.07) is 4.26. The molecule has 1 aliphatic heterocycles. The number of anilines is 1. The predicted octanol–water partition coefficient (Wildman–Crippen LogP) is 3.11. The second-order valence-corrected chi connectivity index (χ2v) is 6.25. The third-order valence-corrected chi connectivity index (χ3v) is 4.20. The van der Waals surface area contributed by atoms with E-state index in [2.05, 4.69) is 20.7 Å². The fraction of sp³-hybridized carbons (Fsp3) is 0.353. The molecular formula is C17H18F3N5O2. The lowest BCUT2D eigenvalue weighted by atomic mass is 10.1. The van der Waals surface area contributed by atoms with Crippen molar-refractivity contribution in [3.05, 3.63) is 41.0 Å². The van der Waals surface area contributed by atoms with Gasteiger partial charge in [0.05, 0.1) is 17.2 Å². The van der Waals surface area contributed by atoms with E-state index in [1.807, 2.05) is 0 Å². The van der Waals surface area contributed by atoms with Crippen LogP contribution >= 0.6 is 0 Å². The Bertz CT molecular complexity index is 903. The summed E-state index contributed by atoms with van der Waals surface area (Å²) >= 11 is 0. The molecule has 10 heteroatoms. The number of halogens is 3. The first-order valence-corrected chi connectivity index (χ1v) is 8.15. The number of hydrogen-bond acceptors (Lipinski definition) is 5. The molecule has 0 fully saturated rings. The summed E-state index contributed by atoms with van der Waals surface area (Å²) in [5.74, 6) is 0.552. The zero-order valence-corrected chi connectivity index (χ0v) is 14.8. The van der Waals surface area contributed by atoms with E-state index in [4.69, 9.17) is 0 Å². The van der Waals surface area contributed by atoms with Crippen molar-refractivity contribution in [1.29, 1.82) is 0 Å². The van der Waals surface area contributed by atoms with Crippen LogP contribution in [-0.4, -0.2) is 26.6 Å². The van der Waals surface area contributed by atoms with Crippen molar-refractivity contribution in [2.45, 2.75) is 39.2 Å². The van der Waals surface area contributed by atoms with E-state index < -0.39 is 24.0 Å².